The largest absolute Gasteiger partial charge is 0.329 e. The van der Waals surface area contributed by atoms with Crippen LogP contribution in [0.3, 0.4) is 0 Å². The van der Waals surface area contributed by atoms with Crippen LogP contribution in [0, 0.1) is 0 Å². The molecule has 3 nitrogen and oxygen atoms in total. The van der Waals surface area contributed by atoms with Gasteiger partial charge in [0.1, 0.15) is 11.7 Å². The Kier molecular flexibility index (Phi) is 5.75. The van der Waals surface area contributed by atoms with Gasteiger partial charge < -0.3 is 5.32 Å². The predicted octanol–water partition coefficient (Wildman–Crippen LogP) is 4.03. The topological polar surface area (TPSA) is 36.8 Å². The lowest BCUT2D eigenvalue weighted by molar-refractivity contribution is 0.720. The number of hydrogen-bond acceptors (Lipinski definition) is 3. The van der Waals surface area contributed by atoms with Crippen LogP contribution in [0.15, 0.2) is 44.1 Å². The number of rotatable bonds is 3. The zero-order valence-corrected chi connectivity index (χ0v) is 12.7. The molecular formula is C12H14BrClFN3. The molecule has 0 aromatic carbocycles. The molecule has 0 radical (unpaired) electrons. The van der Waals surface area contributed by atoms with E-state index >= 15 is 0 Å². The molecule has 98 valence electrons. The smallest absolute Gasteiger partial charge is 0.218 e. The van der Waals surface area contributed by atoms with Crippen LogP contribution >= 0.6 is 27.5 Å². The fraction of sp³-hybridized carbons (Fsp3) is 0.333. The van der Waals surface area contributed by atoms with Crippen LogP contribution in [0.1, 0.15) is 20.8 Å². The average molecular weight is 335 g/mol. The normalized spacial score (nSPS) is 22.3. The van der Waals surface area contributed by atoms with Crippen LogP contribution in [0.5, 0.6) is 0 Å². The van der Waals surface area contributed by atoms with Gasteiger partial charge in [0.2, 0.25) is 5.62 Å². The Labute approximate surface area is 119 Å². The van der Waals surface area contributed by atoms with Crippen molar-refractivity contribution in [2.75, 3.05) is 0 Å². The molecule has 18 heavy (non-hydrogen) atoms. The molecule has 0 fully saturated rings. The molecule has 0 aromatic rings. The minimum absolute atomic E-state index is 0.512. The summed E-state index contributed by atoms with van der Waals surface area (Å²) >= 11 is 9.20. The van der Waals surface area contributed by atoms with Gasteiger partial charge in [0.25, 0.3) is 0 Å². The fourth-order valence-corrected chi connectivity index (χ4v) is 2.22. The summed E-state index contributed by atoms with van der Waals surface area (Å²) in [7, 11) is 0. The molecule has 1 unspecified atom stereocenters. The molecule has 0 saturated heterocycles. The molecule has 0 amide bonds. The van der Waals surface area contributed by atoms with Gasteiger partial charge in [-0.2, -0.15) is 0 Å². The van der Waals surface area contributed by atoms with Crippen molar-refractivity contribution in [3.8, 4) is 0 Å². The molecule has 6 heteroatoms. The van der Waals surface area contributed by atoms with Crippen molar-refractivity contribution < 1.29 is 4.39 Å². The molecular weight excluding hydrogens is 321 g/mol. The van der Waals surface area contributed by atoms with Crippen molar-refractivity contribution in [2.24, 2.45) is 9.98 Å². The lowest BCUT2D eigenvalue weighted by Gasteiger charge is -2.19. The van der Waals surface area contributed by atoms with Gasteiger partial charge in [-0.15, -0.1) is 0 Å². The quantitative estimate of drug-likeness (QED) is 0.472. The fourth-order valence-electron chi connectivity index (χ4n) is 1.41. The van der Waals surface area contributed by atoms with Gasteiger partial charge in [-0.05, 0) is 43.0 Å². The number of amidine groups is 2. The van der Waals surface area contributed by atoms with Gasteiger partial charge in [0.05, 0.1) is 6.33 Å². The van der Waals surface area contributed by atoms with Gasteiger partial charge in [0, 0.05) is 5.57 Å². The third kappa shape index (κ3) is 3.78. The Bertz CT molecular complexity index is 478. The second kappa shape index (κ2) is 6.85. The summed E-state index contributed by atoms with van der Waals surface area (Å²) in [5.74, 6) is 1.31. The van der Waals surface area contributed by atoms with Gasteiger partial charge >= 0.3 is 0 Å². The van der Waals surface area contributed by atoms with Crippen molar-refractivity contribution in [3.63, 3.8) is 0 Å². The molecule has 0 saturated carbocycles. The Morgan fingerprint density at radius 3 is 2.61 bits per heavy atom. The minimum atomic E-state index is -0.631. The van der Waals surface area contributed by atoms with E-state index in [1.54, 1.807) is 4.99 Å². The van der Waals surface area contributed by atoms with Gasteiger partial charge in [0.15, 0.2) is 0 Å². The highest BCUT2D eigenvalue weighted by molar-refractivity contribution is 9.11. The van der Waals surface area contributed by atoms with Crippen molar-refractivity contribution in [1.29, 1.82) is 0 Å². The highest BCUT2D eigenvalue weighted by Gasteiger charge is 2.17. The summed E-state index contributed by atoms with van der Waals surface area (Å²) in [6.45, 7) is 5.52. The van der Waals surface area contributed by atoms with Gasteiger partial charge in [-0.1, -0.05) is 27.5 Å². The number of aliphatic imine (C=N–C) groups is 2. The van der Waals surface area contributed by atoms with Crippen molar-refractivity contribution in [1.82, 2.24) is 5.32 Å². The summed E-state index contributed by atoms with van der Waals surface area (Å²) in [6, 6.07) is 0. The van der Waals surface area contributed by atoms with E-state index in [1.807, 2.05) is 20.8 Å². The Balaban J connectivity index is 3.11. The monoisotopic (exact) mass is 333 g/mol. The lowest BCUT2D eigenvalue weighted by atomic mass is 10.0. The van der Waals surface area contributed by atoms with E-state index in [0.717, 1.165) is 16.7 Å². The van der Waals surface area contributed by atoms with Crippen LogP contribution in [-0.4, -0.2) is 17.3 Å². The maximum absolute atomic E-state index is 12.2. The van der Waals surface area contributed by atoms with Crippen molar-refractivity contribution in [3.05, 3.63) is 34.1 Å². The second-order valence-electron chi connectivity index (χ2n) is 3.75. The van der Waals surface area contributed by atoms with E-state index in [4.69, 9.17) is 11.6 Å². The maximum Gasteiger partial charge on any atom is 0.218 e. The zero-order valence-electron chi connectivity index (χ0n) is 10.3. The molecule has 0 bridgehead atoms. The van der Waals surface area contributed by atoms with Gasteiger partial charge in [-0.3, -0.25) is 0 Å². The molecule has 0 aliphatic carbocycles. The molecule has 1 atom stereocenters. The first-order valence-electron chi connectivity index (χ1n) is 5.28. The third-order valence-electron chi connectivity index (χ3n) is 2.51. The molecule has 1 aliphatic heterocycles. The number of alkyl halides is 1. The first-order chi connectivity index (χ1) is 8.49. The number of hydrogen-bond donors (Lipinski definition) is 1. The number of nitrogens with zero attached hydrogens (tertiary/aromatic N) is 2. The summed E-state index contributed by atoms with van der Waals surface area (Å²) < 4.78 is 12.2. The number of allylic oxidation sites excluding steroid dienone is 2. The molecule has 1 rings (SSSR count). The molecule has 1 aliphatic rings. The average Bonchev–Trinajstić information content (AvgIpc) is 2.28. The van der Waals surface area contributed by atoms with Crippen LogP contribution in [-0.2, 0) is 0 Å². The molecule has 0 aromatic heterocycles. The van der Waals surface area contributed by atoms with Crippen LogP contribution in [0.2, 0.25) is 0 Å². The standard InChI is InChI=1S/C12H14BrClFN3/c1-7(4-5-15)8(2)10(6-13)11-16-9(3)17-12(14)18-11/h4-6,12H,1-3H3,(H,16,17,18)/b5-4+,8-7-,10-6-. The van der Waals surface area contributed by atoms with Crippen LogP contribution < -0.4 is 5.32 Å². The second-order valence-corrected chi connectivity index (χ2v) is 4.60. The molecule has 0 spiro atoms. The summed E-state index contributed by atoms with van der Waals surface area (Å²) in [5.41, 5.74) is 1.88. The van der Waals surface area contributed by atoms with E-state index in [-0.39, 0.29) is 0 Å². The highest BCUT2D eigenvalue weighted by atomic mass is 79.9. The van der Waals surface area contributed by atoms with Crippen molar-refractivity contribution in [2.45, 2.75) is 26.4 Å². The first kappa shape index (κ1) is 15.1. The van der Waals surface area contributed by atoms with Crippen molar-refractivity contribution >= 4 is 39.2 Å². The molecule has 1 N–H and O–H groups in total. The molecule has 1 heterocycles. The van der Waals surface area contributed by atoms with E-state index < -0.39 is 5.62 Å². The van der Waals surface area contributed by atoms with E-state index in [0.29, 0.717) is 18.0 Å². The lowest BCUT2D eigenvalue weighted by Crippen LogP contribution is -2.35. The number of halogens is 3. The van der Waals surface area contributed by atoms with E-state index in [9.17, 15) is 4.39 Å². The summed E-state index contributed by atoms with van der Waals surface area (Å²) in [6.07, 6.45) is 1.91. The summed E-state index contributed by atoms with van der Waals surface area (Å²) in [5, 5.41) is 3.04. The van der Waals surface area contributed by atoms with Crippen LogP contribution in [0.4, 0.5) is 4.39 Å². The first-order valence-corrected chi connectivity index (χ1v) is 6.63. The predicted molar refractivity (Wildman–Crippen MR) is 79.0 cm³/mol. The SMILES string of the molecule is CC1=NC(Cl)N=C(C(=C\Br)/C(C)=C(C)\C=C\F)N1. The van der Waals surface area contributed by atoms with Crippen LogP contribution in [0.25, 0.3) is 0 Å². The van der Waals surface area contributed by atoms with E-state index in [2.05, 4.69) is 31.2 Å². The third-order valence-corrected chi connectivity index (χ3v) is 3.16. The van der Waals surface area contributed by atoms with E-state index in [1.165, 1.54) is 6.08 Å². The minimum Gasteiger partial charge on any atom is -0.329 e. The highest BCUT2D eigenvalue weighted by Crippen LogP contribution is 2.20. The Hall–Kier alpha value is -0.940. The zero-order chi connectivity index (χ0) is 13.7. The Morgan fingerprint density at radius 2 is 2.11 bits per heavy atom. The van der Waals surface area contributed by atoms with Gasteiger partial charge in [-0.25, -0.2) is 14.4 Å². The Morgan fingerprint density at radius 1 is 1.44 bits per heavy atom. The summed E-state index contributed by atoms with van der Waals surface area (Å²) in [4.78, 5) is 9.97. The maximum atomic E-state index is 12.2. The number of nitrogens with one attached hydrogen (secondary N) is 1.